The van der Waals surface area contributed by atoms with E-state index in [1.165, 1.54) is 14.2 Å². The fourth-order valence-corrected chi connectivity index (χ4v) is 3.53. The van der Waals surface area contributed by atoms with Gasteiger partial charge in [-0.15, -0.1) is 0 Å². The molecule has 0 saturated carbocycles. The summed E-state index contributed by atoms with van der Waals surface area (Å²) in [6, 6.07) is 3.51. The molecular formula is C17H18O5. The lowest BCUT2D eigenvalue weighted by Crippen LogP contribution is -2.34. The van der Waals surface area contributed by atoms with Crippen molar-refractivity contribution in [3.8, 4) is 11.5 Å². The van der Waals surface area contributed by atoms with E-state index in [0.717, 1.165) is 11.1 Å². The SMILES string of the molecule is COC(=O)[C@H]1Cc2ccc(OC)c(O)c2C2=CC(=O)CC[C@@H]21. The number of fused-ring (bicyclic) bond motifs is 3. The number of ketones is 1. The summed E-state index contributed by atoms with van der Waals surface area (Å²) < 4.78 is 10.1. The molecule has 0 radical (unpaired) electrons. The van der Waals surface area contributed by atoms with Crippen LogP contribution in [0, 0.1) is 11.8 Å². The average molecular weight is 302 g/mol. The summed E-state index contributed by atoms with van der Waals surface area (Å²) in [6.45, 7) is 0. The van der Waals surface area contributed by atoms with Gasteiger partial charge in [0.05, 0.1) is 20.1 Å². The van der Waals surface area contributed by atoms with Gasteiger partial charge in [0.15, 0.2) is 17.3 Å². The minimum atomic E-state index is -0.315. The summed E-state index contributed by atoms with van der Waals surface area (Å²) in [5, 5.41) is 10.4. The molecule has 0 bridgehead atoms. The normalized spacial score (nSPS) is 23.2. The number of allylic oxidation sites excluding steroid dienone is 2. The van der Waals surface area contributed by atoms with Gasteiger partial charge in [-0.1, -0.05) is 6.07 Å². The van der Waals surface area contributed by atoms with E-state index in [9.17, 15) is 14.7 Å². The van der Waals surface area contributed by atoms with Crippen LogP contribution in [-0.2, 0) is 20.7 Å². The van der Waals surface area contributed by atoms with Crippen LogP contribution < -0.4 is 4.74 Å². The van der Waals surface area contributed by atoms with Gasteiger partial charge in [0, 0.05) is 12.0 Å². The summed E-state index contributed by atoms with van der Waals surface area (Å²) in [4.78, 5) is 23.9. The number of carbonyl (C=O) groups excluding carboxylic acids is 2. The number of phenolic OH excluding ortho intramolecular Hbond substituents is 1. The van der Waals surface area contributed by atoms with Crippen LogP contribution >= 0.6 is 0 Å². The highest BCUT2D eigenvalue weighted by molar-refractivity contribution is 6.01. The summed E-state index contributed by atoms with van der Waals surface area (Å²) in [5.41, 5.74) is 2.20. The van der Waals surface area contributed by atoms with Crippen LogP contribution in [0.15, 0.2) is 18.2 Å². The Labute approximate surface area is 128 Å². The summed E-state index contributed by atoms with van der Waals surface area (Å²) in [5.74, 6) is -0.265. The molecule has 1 N–H and O–H groups in total. The number of rotatable bonds is 2. The molecule has 0 aliphatic heterocycles. The van der Waals surface area contributed by atoms with Crippen LogP contribution in [0.5, 0.6) is 11.5 Å². The molecule has 2 aliphatic rings. The molecule has 2 aliphatic carbocycles. The highest BCUT2D eigenvalue weighted by Crippen LogP contribution is 2.49. The van der Waals surface area contributed by atoms with E-state index in [4.69, 9.17) is 9.47 Å². The molecule has 0 fully saturated rings. The van der Waals surface area contributed by atoms with E-state index >= 15 is 0 Å². The van der Waals surface area contributed by atoms with Gasteiger partial charge in [-0.3, -0.25) is 9.59 Å². The van der Waals surface area contributed by atoms with Crippen LogP contribution in [0.4, 0.5) is 0 Å². The minimum Gasteiger partial charge on any atom is -0.504 e. The van der Waals surface area contributed by atoms with E-state index in [1.54, 1.807) is 12.1 Å². The van der Waals surface area contributed by atoms with E-state index in [2.05, 4.69) is 0 Å². The van der Waals surface area contributed by atoms with Crippen molar-refractivity contribution in [3.63, 3.8) is 0 Å². The molecule has 0 aromatic heterocycles. The Bertz CT molecular complexity index is 674. The molecule has 5 heteroatoms. The van der Waals surface area contributed by atoms with Gasteiger partial charge in [-0.05, 0) is 42.0 Å². The molecule has 0 saturated heterocycles. The fourth-order valence-electron chi connectivity index (χ4n) is 3.53. The molecule has 0 amide bonds. The Balaban J connectivity index is 2.18. The Hall–Kier alpha value is -2.30. The Morgan fingerprint density at radius 2 is 2.09 bits per heavy atom. The Morgan fingerprint density at radius 1 is 1.32 bits per heavy atom. The largest absolute Gasteiger partial charge is 0.504 e. The van der Waals surface area contributed by atoms with Gasteiger partial charge in [0.1, 0.15) is 0 Å². The summed E-state index contributed by atoms with van der Waals surface area (Å²) >= 11 is 0. The second-order valence-electron chi connectivity index (χ2n) is 5.70. The van der Waals surface area contributed by atoms with E-state index in [0.29, 0.717) is 30.6 Å². The Morgan fingerprint density at radius 3 is 2.77 bits per heavy atom. The number of benzene rings is 1. The van der Waals surface area contributed by atoms with E-state index in [1.807, 2.05) is 6.07 Å². The topological polar surface area (TPSA) is 72.8 Å². The van der Waals surface area contributed by atoms with Crippen molar-refractivity contribution in [3.05, 3.63) is 29.3 Å². The van der Waals surface area contributed by atoms with Crippen molar-refractivity contribution in [1.82, 2.24) is 0 Å². The summed E-state index contributed by atoms with van der Waals surface area (Å²) in [6.07, 6.45) is 3.07. The zero-order valence-electron chi connectivity index (χ0n) is 12.6. The number of phenols is 1. The highest BCUT2D eigenvalue weighted by atomic mass is 16.5. The van der Waals surface area contributed by atoms with Crippen LogP contribution in [-0.4, -0.2) is 31.1 Å². The smallest absolute Gasteiger partial charge is 0.309 e. The van der Waals surface area contributed by atoms with Crippen molar-refractivity contribution in [2.75, 3.05) is 14.2 Å². The third kappa shape index (κ3) is 2.17. The molecule has 1 aromatic carbocycles. The minimum absolute atomic E-state index is 0.0185. The molecular weight excluding hydrogens is 284 g/mol. The number of hydrogen-bond donors (Lipinski definition) is 1. The monoisotopic (exact) mass is 302 g/mol. The fraction of sp³-hybridized carbons (Fsp3) is 0.412. The first-order valence-electron chi connectivity index (χ1n) is 7.28. The van der Waals surface area contributed by atoms with E-state index < -0.39 is 0 Å². The third-order valence-electron chi connectivity index (χ3n) is 4.58. The first kappa shape index (κ1) is 14.6. The van der Waals surface area contributed by atoms with Gasteiger partial charge in [0.2, 0.25) is 0 Å². The molecule has 0 spiro atoms. The van der Waals surface area contributed by atoms with Gasteiger partial charge in [0.25, 0.3) is 0 Å². The van der Waals surface area contributed by atoms with Crippen LogP contribution in [0.25, 0.3) is 5.57 Å². The predicted molar refractivity (Wildman–Crippen MR) is 79.6 cm³/mol. The van der Waals surface area contributed by atoms with Crippen LogP contribution in [0.1, 0.15) is 24.0 Å². The first-order valence-corrected chi connectivity index (χ1v) is 7.28. The second-order valence-corrected chi connectivity index (χ2v) is 5.70. The Kier molecular flexibility index (Phi) is 3.64. The third-order valence-corrected chi connectivity index (χ3v) is 4.58. The van der Waals surface area contributed by atoms with Gasteiger partial charge < -0.3 is 14.6 Å². The number of methoxy groups -OCH3 is 2. The lowest BCUT2D eigenvalue weighted by atomic mass is 9.68. The summed E-state index contributed by atoms with van der Waals surface area (Å²) in [7, 11) is 2.86. The first-order chi connectivity index (χ1) is 10.6. The van der Waals surface area contributed by atoms with Crippen molar-refractivity contribution in [2.24, 2.45) is 11.8 Å². The second kappa shape index (κ2) is 5.48. The molecule has 0 heterocycles. The lowest BCUT2D eigenvalue weighted by molar-refractivity contribution is -0.147. The molecule has 2 atom stereocenters. The zero-order chi connectivity index (χ0) is 15.9. The number of aromatic hydroxyl groups is 1. The molecule has 5 nitrogen and oxygen atoms in total. The standard InChI is InChI=1S/C17H18O5/c1-21-14-6-3-9-7-13(17(20)22-2)11-5-4-10(18)8-12(11)15(9)16(14)19/h3,6,8,11,13,19H,4-5,7H2,1-2H3/t11-,13-/m0/s1. The molecule has 116 valence electrons. The van der Waals surface area contributed by atoms with Gasteiger partial charge in [-0.25, -0.2) is 0 Å². The average Bonchev–Trinajstić information content (AvgIpc) is 2.53. The number of carbonyl (C=O) groups is 2. The quantitative estimate of drug-likeness (QED) is 0.847. The predicted octanol–water partition coefficient (Wildman–Crippen LogP) is 2.11. The molecule has 0 unspecified atom stereocenters. The maximum atomic E-state index is 12.1. The van der Waals surface area contributed by atoms with Gasteiger partial charge >= 0.3 is 5.97 Å². The molecule has 22 heavy (non-hydrogen) atoms. The van der Waals surface area contributed by atoms with Crippen molar-refractivity contribution in [2.45, 2.75) is 19.3 Å². The number of ether oxygens (including phenoxy) is 2. The number of hydrogen-bond acceptors (Lipinski definition) is 5. The van der Waals surface area contributed by atoms with Crippen molar-refractivity contribution < 1.29 is 24.2 Å². The van der Waals surface area contributed by atoms with Gasteiger partial charge in [-0.2, -0.15) is 0 Å². The maximum Gasteiger partial charge on any atom is 0.309 e. The highest BCUT2D eigenvalue weighted by Gasteiger charge is 2.41. The van der Waals surface area contributed by atoms with E-state index in [-0.39, 0.29) is 29.3 Å². The zero-order valence-corrected chi connectivity index (χ0v) is 12.6. The lowest BCUT2D eigenvalue weighted by Gasteiger charge is -2.36. The molecule has 3 rings (SSSR count). The molecule has 1 aromatic rings. The number of esters is 1. The van der Waals surface area contributed by atoms with Crippen LogP contribution in [0.3, 0.4) is 0 Å². The van der Waals surface area contributed by atoms with Crippen molar-refractivity contribution >= 4 is 17.3 Å². The maximum absolute atomic E-state index is 12.1. The van der Waals surface area contributed by atoms with Crippen LogP contribution in [0.2, 0.25) is 0 Å². The van der Waals surface area contributed by atoms with Crippen molar-refractivity contribution in [1.29, 1.82) is 0 Å².